The molecule has 0 saturated carbocycles. The zero-order valence-electron chi connectivity index (χ0n) is 8.19. The summed E-state index contributed by atoms with van der Waals surface area (Å²) in [6.45, 7) is 6.39. The number of halogens is 1. The highest BCUT2D eigenvalue weighted by Crippen LogP contribution is 2.40. The fourth-order valence-electron chi connectivity index (χ4n) is 1.82. The molecule has 0 aromatic heterocycles. The molecule has 1 aromatic carbocycles. The van der Waals surface area contributed by atoms with Crippen molar-refractivity contribution in [2.24, 2.45) is 0 Å². The van der Waals surface area contributed by atoms with E-state index in [1.165, 1.54) is 6.07 Å². The minimum absolute atomic E-state index is 0.0252. The van der Waals surface area contributed by atoms with E-state index in [0.29, 0.717) is 6.04 Å². The molecule has 0 bridgehead atoms. The van der Waals surface area contributed by atoms with Crippen LogP contribution in [-0.4, -0.2) is 6.04 Å². The molecule has 1 N–H and O–H groups in total. The number of benzene rings is 1. The van der Waals surface area contributed by atoms with Crippen LogP contribution in [0.5, 0.6) is 0 Å². The van der Waals surface area contributed by atoms with Gasteiger partial charge in [0, 0.05) is 17.1 Å². The van der Waals surface area contributed by atoms with Crippen molar-refractivity contribution in [3.63, 3.8) is 0 Å². The molecule has 1 nitrogen and oxygen atoms in total. The number of rotatable bonds is 0. The molecule has 0 aliphatic carbocycles. The van der Waals surface area contributed by atoms with Crippen molar-refractivity contribution in [2.75, 3.05) is 5.32 Å². The third kappa shape index (κ3) is 1.12. The van der Waals surface area contributed by atoms with Crippen molar-refractivity contribution in [2.45, 2.75) is 32.2 Å². The van der Waals surface area contributed by atoms with Crippen LogP contribution in [-0.2, 0) is 5.41 Å². The topological polar surface area (TPSA) is 12.0 Å². The van der Waals surface area contributed by atoms with Gasteiger partial charge in [0.2, 0.25) is 0 Å². The molecule has 2 heteroatoms. The van der Waals surface area contributed by atoms with E-state index in [1.54, 1.807) is 6.07 Å². The van der Waals surface area contributed by atoms with Crippen molar-refractivity contribution < 1.29 is 4.39 Å². The molecule has 1 heterocycles. The number of hydrogen-bond acceptors (Lipinski definition) is 1. The van der Waals surface area contributed by atoms with E-state index in [2.05, 4.69) is 26.1 Å². The van der Waals surface area contributed by atoms with Crippen LogP contribution in [0.4, 0.5) is 10.1 Å². The fraction of sp³-hybridized carbons (Fsp3) is 0.455. The van der Waals surface area contributed by atoms with E-state index >= 15 is 0 Å². The predicted molar refractivity (Wildman–Crippen MR) is 52.5 cm³/mol. The molecule has 1 aromatic rings. The van der Waals surface area contributed by atoms with Gasteiger partial charge < -0.3 is 5.32 Å². The molecule has 1 aliphatic heterocycles. The molecule has 0 radical (unpaired) electrons. The summed E-state index contributed by atoms with van der Waals surface area (Å²) in [5.74, 6) is -0.150. The number of anilines is 1. The first-order valence-corrected chi connectivity index (χ1v) is 4.58. The van der Waals surface area contributed by atoms with Crippen LogP contribution in [0.1, 0.15) is 26.3 Å². The Morgan fingerprint density at radius 2 is 2.08 bits per heavy atom. The average Bonchev–Trinajstić information content (AvgIpc) is 2.27. The Labute approximate surface area is 78.0 Å². The Balaban J connectivity index is 2.57. The molecule has 1 atom stereocenters. The maximum absolute atomic E-state index is 13.0. The second-order valence-electron chi connectivity index (χ2n) is 4.28. The highest BCUT2D eigenvalue weighted by Gasteiger charge is 2.36. The van der Waals surface area contributed by atoms with Crippen LogP contribution in [0.25, 0.3) is 0 Å². The summed E-state index contributed by atoms with van der Waals surface area (Å²) in [5, 5.41) is 3.35. The van der Waals surface area contributed by atoms with Crippen molar-refractivity contribution in [3.8, 4) is 0 Å². The van der Waals surface area contributed by atoms with Crippen molar-refractivity contribution in [1.29, 1.82) is 0 Å². The highest BCUT2D eigenvalue weighted by atomic mass is 19.1. The van der Waals surface area contributed by atoms with Crippen LogP contribution in [0.3, 0.4) is 0 Å². The molecule has 0 spiro atoms. The standard InChI is InChI=1S/C11H14FN/c1-7-11(2,3)9-6-8(12)4-5-10(9)13-7/h4-7,13H,1-3H3/t7-/m0/s1. The van der Waals surface area contributed by atoms with Gasteiger partial charge in [0.15, 0.2) is 0 Å². The lowest BCUT2D eigenvalue weighted by molar-refractivity contribution is 0.483. The first kappa shape index (κ1) is 8.54. The Bertz CT molecular complexity index is 344. The van der Waals surface area contributed by atoms with Crippen LogP contribution >= 0.6 is 0 Å². The van der Waals surface area contributed by atoms with Gasteiger partial charge in [-0.05, 0) is 30.7 Å². The van der Waals surface area contributed by atoms with Gasteiger partial charge in [0.05, 0.1) is 0 Å². The molecule has 0 amide bonds. The monoisotopic (exact) mass is 179 g/mol. The first-order chi connectivity index (χ1) is 6.01. The van der Waals surface area contributed by atoms with Gasteiger partial charge in [-0.1, -0.05) is 13.8 Å². The highest BCUT2D eigenvalue weighted by molar-refractivity contribution is 5.61. The summed E-state index contributed by atoms with van der Waals surface area (Å²) >= 11 is 0. The van der Waals surface area contributed by atoms with Gasteiger partial charge in [0.25, 0.3) is 0 Å². The maximum Gasteiger partial charge on any atom is 0.123 e. The summed E-state index contributed by atoms with van der Waals surface area (Å²) in [4.78, 5) is 0. The molecule has 1 aliphatic rings. The fourth-order valence-corrected chi connectivity index (χ4v) is 1.82. The molecule has 2 rings (SSSR count). The Hall–Kier alpha value is -1.05. The van der Waals surface area contributed by atoms with Gasteiger partial charge in [-0.3, -0.25) is 0 Å². The van der Waals surface area contributed by atoms with Gasteiger partial charge in [-0.25, -0.2) is 4.39 Å². The Morgan fingerprint density at radius 3 is 2.77 bits per heavy atom. The van der Waals surface area contributed by atoms with Gasteiger partial charge in [-0.2, -0.15) is 0 Å². The van der Waals surface area contributed by atoms with E-state index in [1.807, 2.05) is 6.07 Å². The second kappa shape index (κ2) is 2.47. The smallest absolute Gasteiger partial charge is 0.123 e. The van der Waals surface area contributed by atoms with E-state index < -0.39 is 0 Å². The predicted octanol–water partition coefficient (Wildman–Crippen LogP) is 2.92. The minimum Gasteiger partial charge on any atom is -0.381 e. The van der Waals surface area contributed by atoms with Crippen LogP contribution in [0.15, 0.2) is 18.2 Å². The Kier molecular flexibility index (Phi) is 1.62. The van der Waals surface area contributed by atoms with E-state index in [0.717, 1.165) is 11.3 Å². The number of nitrogens with one attached hydrogen (secondary N) is 1. The number of fused-ring (bicyclic) bond motifs is 1. The second-order valence-corrected chi connectivity index (χ2v) is 4.28. The molecule has 13 heavy (non-hydrogen) atoms. The summed E-state index contributed by atoms with van der Waals surface area (Å²) in [6, 6.07) is 5.31. The summed E-state index contributed by atoms with van der Waals surface area (Å²) in [6.07, 6.45) is 0. The summed E-state index contributed by atoms with van der Waals surface area (Å²) in [5.41, 5.74) is 2.18. The van der Waals surface area contributed by atoms with Crippen LogP contribution < -0.4 is 5.32 Å². The Morgan fingerprint density at radius 1 is 1.38 bits per heavy atom. The maximum atomic E-state index is 13.0. The molecule has 0 saturated heterocycles. The molecule has 0 unspecified atom stereocenters. The lowest BCUT2D eigenvalue weighted by Gasteiger charge is -2.23. The minimum atomic E-state index is -0.150. The van der Waals surface area contributed by atoms with E-state index in [4.69, 9.17) is 0 Å². The van der Waals surface area contributed by atoms with Crippen molar-refractivity contribution in [1.82, 2.24) is 0 Å². The lowest BCUT2D eigenvalue weighted by atomic mass is 9.81. The van der Waals surface area contributed by atoms with Crippen molar-refractivity contribution in [3.05, 3.63) is 29.6 Å². The third-order valence-electron chi connectivity index (χ3n) is 3.13. The van der Waals surface area contributed by atoms with E-state index in [-0.39, 0.29) is 11.2 Å². The van der Waals surface area contributed by atoms with Gasteiger partial charge >= 0.3 is 0 Å². The normalized spacial score (nSPS) is 23.8. The quantitative estimate of drug-likeness (QED) is 0.645. The summed E-state index contributed by atoms with van der Waals surface area (Å²) < 4.78 is 13.0. The van der Waals surface area contributed by atoms with Crippen LogP contribution in [0, 0.1) is 5.82 Å². The first-order valence-electron chi connectivity index (χ1n) is 4.58. The van der Waals surface area contributed by atoms with E-state index in [9.17, 15) is 4.39 Å². The lowest BCUT2D eigenvalue weighted by Crippen LogP contribution is -2.29. The molecular formula is C11H14FN. The molecule has 70 valence electrons. The largest absolute Gasteiger partial charge is 0.381 e. The molecule has 0 fully saturated rings. The summed E-state index contributed by atoms with van der Waals surface area (Å²) in [7, 11) is 0. The molecular weight excluding hydrogens is 165 g/mol. The SMILES string of the molecule is C[C@@H]1Nc2ccc(F)cc2C1(C)C. The van der Waals surface area contributed by atoms with Crippen molar-refractivity contribution >= 4 is 5.69 Å². The third-order valence-corrected chi connectivity index (χ3v) is 3.13. The zero-order chi connectivity index (χ0) is 9.64. The average molecular weight is 179 g/mol. The zero-order valence-corrected chi connectivity index (χ0v) is 8.19. The van der Waals surface area contributed by atoms with Gasteiger partial charge in [-0.15, -0.1) is 0 Å². The van der Waals surface area contributed by atoms with Gasteiger partial charge in [0.1, 0.15) is 5.82 Å². The number of hydrogen-bond donors (Lipinski definition) is 1. The van der Waals surface area contributed by atoms with Crippen LogP contribution in [0.2, 0.25) is 0 Å².